The first-order chi connectivity index (χ1) is 13.4. The van der Waals surface area contributed by atoms with Gasteiger partial charge in [0.05, 0.1) is 11.6 Å². The predicted octanol–water partition coefficient (Wildman–Crippen LogP) is 2.04. The molecule has 2 aromatic heterocycles. The fourth-order valence-electron chi connectivity index (χ4n) is 3.71. The first kappa shape index (κ1) is 23.9. The topological polar surface area (TPSA) is 93.2 Å². The van der Waals surface area contributed by atoms with Gasteiger partial charge in [-0.2, -0.15) is 5.10 Å². The van der Waals surface area contributed by atoms with Gasteiger partial charge in [0.2, 0.25) is 5.91 Å². The lowest BCUT2D eigenvalue weighted by Crippen LogP contribution is -2.57. The monoisotopic (exact) mass is 451 g/mol. The van der Waals surface area contributed by atoms with Crippen LogP contribution in [0.4, 0.5) is 5.82 Å². The van der Waals surface area contributed by atoms with Gasteiger partial charge in [-0.25, -0.2) is 9.97 Å². The maximum Gasteiger partial charge on any atom is 0.247 e. The Kier molecular flexibility index (Phi) is 7.28. The SMILES string of the molecule is Cc1nc(N2CCN(C(=O)C(C)(N)c3ccccc3)CC2)c2cnn(C)c2n1.Cl.Cl. The third-order valence-electron chi connectivity index (χ3n) is 5.37. The number of hydrogen-bond donors (Lipinski definition) is 1. The van der Waals surface area contributed by atoms with Gasteiger partial charge in [0, 0.05) is 33.2 Å². The highest BCUT2D eigenvalue weighted by molar-refractivity contribution is 5.89. The fourth-order valence-corrected chi connectivity index (χ4v) is 3.71. The van der Waals surface area contributed by atoms with Crippen LogP contribution < -0.4 is 10.6 Å². The van der Waals surface area contributed by atoms with Gasteiger partial charge in [0.25, 0.3) is 0 Å². The Morgan fingerprint density at radius 1 is 1.07 bits per heavy atom. The average molecular weight is 452 g/mol. The molecule has 3 aromatic rings. The molecule has 30 heavy (non-hydrogen) atoms. The van der Waals surface area contributed by atoms with E-state index in [-0.39, 0.29) is 30.7 Å². The van der Waals surface area contributed by atoms with Gasteiger partial charge in [-0.1, -0.05) is 30.3 Å². The molecule has 1 atom stereocenters. The molecule has 2 N–H and O–H groups in total. The highest BCUT2D eigenvalue weighted by Gasteiger charge is 2.36. The van der Waals surface area contributed by atoms with Crippen LogP contribution in [0.2, 0.25) is 0 Å². The quantitative estimate of drug-likeness (QED) is 0.654. The predicted molar refractivity (Wildman–Crippen MR) is 122 cm³/mol. The van der Waals surface area contributed by atoms with Crippen molar-refractivity contribution in [1.82, 2.24) is 24.6 Å². The van der Waals surface area contributed by atoms with Gasteiger partial charge in [-0.15, -0.1) is 24.8 Å². The zero-order valence-electron chi connectivity index (χ0n) is 17.3. The maximum atomic E-state index is 13.1. The molecular weight excluding hydrogens is 425 g/mol. The number of rotatable bonds is 3. The molecule has 10 heteroatoms. The second-order valence-electron chi connectivity index (χ2n) is 7.45. The Morgan fingerprint density at radius 2 is 1.70 bits per heavy atom. The summed E-state index contributed by atoms with van der Waals surface area (Å²) in [6, 6.07) is 9.53. The second-order valence-corrected chi connectivity index (χ2v) is 7.45. The van der Waals surface area contributed by atoms with E-state index in [4.69, 9.17) is 5.73 Å². The minimum absolute atomic E-state index is 0. The number of nitrogens with two attached hydrogens (primary N) is 1. The van der Waals surface area contributed by atoms with Crippen LogP contribution in [0.15, 0.2) is 36.5 Å². The minimum Gasteiger partial charge on any atom is -0.352 e. The van der Waals surface area contributed by atoms with Crippen molar-refractivity contribution < 1.29 is 4.79 Å². The molecule has 1 saturated heterocycles. The molecule has 0 spiro atoms. The molecule has 8 nitrogen and oxygen atoms in total. The van der Waals surface area contributed by atoms with Gasteiger partial charge in [-0.3, -0.25) is 9.48 Å². The number of piperazine rings is 1. The number of nitrogens with zero attached hydrogens (tertiary/aromatic N) is 6. The Labute approximate surface area is 188 Å². The van der Waals surface area contributed by atoms with Crippen LogP contribution >= 0.6 is 24.8 Å². The second kappa shape index (κ2) is 9.16. The number of benzene rings is 1. The molecule has 1 aliphatic heterocycles. The van der Waals surface area contributed by atoms with Crippen molar-refractivity contribution in [3.05, 3.63) is 47.9 Å². The minimum atomic E-state index is -1.04. The number of aromatic nitrogens is 4. The van der Waals surface area contributed by atoms with Crippen molar-refractivity contribution in [2.45, 2.75) is 19.4 Å². The molecule has 0 aliphatic carbocycles. The molecule has 1 unspecified atom stereocenters. The van der Waals surface area contributed by atoms with Crippen molar-refractivity contribution in [2.24, 2.45) is 12.8 Å². The van der Waals surface area contributed by atoms with Crippen LogP contribution in [-0.4, -0.2) is 56.7 Å². The maximum absolute atomic E-state index is 13.1. The molecule has 0 saturated carbocycles. The first-order valence-corrected chi connectivity index (χ1v) is 9.43. The van der Waals surface area contributed by atoms with Crippen molar-refractivity contribution in [1.29, 1.82) is 0 Å². The van der Waals surface area contributed by atoms with Crippen molar-refractivity contribution in [3.8, 4) is 0 Å². The largest absolute Gasteiger partial charge is 0.352 e. The number of fused-ring (bicyclic) bond motifs is 1. The lowest BCUT2D eigenvalue weighted by Gasteiger charge is -2.39. The third kappa shape index (κ3) is 4.21. The summed E-state index contributed by atoms with van der Waals surface area (Å²) in [6.07, 6.45) is 1.80. The van der Waals surface area contributed by atoms with Crippen molar-refractivity contribution in [2.75, 3.05) is 31.1 Å². The average Bonchev–Trinajstić information content (AvgIpc) is 3.08. The van der Waals surface area contributed by atoms with Crippen LogP contribution in [0.1, 0.15) is 18.3 Å². The molecule has 0 radical (unpaired) electrons. The number of hydrogen-bond acceptors (Lipinski definition) is 6. The lowest BCUT2D eigenvalue weighted by atomic mass is 9.91. The van der Waals surface area contributed by atoms with Gasteiger partial charge in [0.15, 0.2) is 5.65 Å². The Balaban J connectivity index is 0.00000160. The van der Waals surface area contributed by atoms with Crippen LogP contribution in [0.3, 0.4) is 0 Å². The summed E-state index contributed by atoms with van der Waals surface area (Å²) in [7, 11) is 1.88. The Bertz CT molecular complexity index is 1010. The van der Waals surface area contributed by atoms with E-state index in [2.05, 4.69) is 20.0 Å². The molecule has 4 rings (SSSR count). The standard InChI is InChI=1S/C20H25N7O.2ClH/c1-14-23-17-16(13-22-25(17)3)18(24-14)26-9-11-27(12-10-26)19(28)20(2,21)15-7-5-4-6-8-15;;/h4-8,13H,9-12,21H2,1-3H3;2*1H. The van der Waals surface area contributed by atoms with E-state index in [9.17, 15) is 4.79 Å². The molecule has 1 amide bonds. The first-order valence-electron chi connectivity index (χ1n) is 9.43. The summed E-state index contributed by atoms with van der Waals surface area (Å²) in [5.41, 5.74) is 7.03. The van der Waals surface area contributed by atoms with Gasteiger partial charge in [0.1, 0.15) is 17.2 Å². The zero-order chi connectivity index (χ0) is 19.9. The number of amides is 1. The van der Waals surface area contributed by atoms with E-state index in [0.717, 1.165) is 22.4 Å². The van der Waals surface area contributed by atoms with E-state index in [0.29, 0.717) is 32.0 Å². The fraction of sp³-hybridized carbons (Fsp3) is 0.400. The van der Waals surface area contributed by atoms with Gasteiger partial charge in [-0.05, 0) is 19.4 Å². The normalized spacial score (nSPS) is 15.9. The van der Waals surface area contributed by atoms with E-state index in [1.807, 2.05) is 49.2 Å². The van der Waals surface area contributed by atoms with E-state index < -0.39 is 5.54 Å². The highest BCUT2D eigenvalue weighted by atomic mass is 35.5. The molecule has 1 aromatic carbocycles. The summed E-state index contributed by atoms with van der Waals surface area (Å²) in [6.45, 7) is 6.25. The van der Waals surface area contributed by atoms with E-state index in [1.165, 1.54) is 0 Å². The molecule has 1 aliphatic rings. The van der Waals surface area contributed by atoms with Gasteiger partial charge >= 0.3 is 0 Å². The highest BCUT2D eigenvalue weighted by Crippen LogP contribution is 2.26. The third-order valence-corrected chi connectivity index (χ3v) is 5.37. The number of aryl methyl sites for hydroxylation is 2. The Morgan fingerprint density at radius 3 is 2.33 bits per heavy atom. The van der Waals surface area contributed by atoms with E-state index >= 15 is 0 Å². The number of anilines is 1. The molecule has 162 valence electrons. The van der Waals surface area contributed by atoms with Crippen LogP contribution in [0.25, 0.3) is 11.0 Å². The molecule has 3 heterocycles. The zero-order valence-corrected chi connectivity index (χ0v) is 18.9. The number of carbonyl (C=O) groups is 1. The van der Waals surface area contributed by atoms with Crippen LogP contribution in [0.5, 0.6) is 0 Å². The molecular formula is C20H27Cl2N7O. The lowest BCUT2D eigenvalue weighted by molar-refractivity contribution is -0.137. The number of carbonyl (C=O) groups excluding carboxylic acids is 1. The summed E-state index contributed by atoms with van der Waals surface area (Å²) < 4.78 is 1.76. The van der Waals surface area contributed by atoms with Gasteiger partial charge < -0.3 is 15.5 Å². The summed E-state index contributed by atoms with van der Waals surface area (Å²) >= 11 is 0. The number of halogens is 2. The molecule has 0 bridgehead atoms. The smallest absolute Gasteiger partial charge is 0.247 e. The van der Waals surface area contributed by atoms with E-state index in [1.54, 1.807) is 17.8 Å². The van der Waals surface area contributed by atoms with Crippen molar-refractivity contribution >= 4 is 47.6 Å². The summed E-state index contributed by atoms with van der Waals surface area (Å²) in [4.78, 5) is 26.2. The summed E-state index contributed by atoms with van der Waals surface area (Å²) in [5.74, 6) is 1.54. The Hall–Kier alpha value is -2.42. The van der Waals surface area contributed by atoms with Crippen LogP contribution in [0, 0.1) is 6.92 Å². The van der Waals surface area contributed by atoms with Crippen LogP contribution in [-0.2, 0) is 17.4 Å². The molecule has 1 fully saturated rings. The summed E-state index contributed by atoms with van der Waals surface area (Å²) in [5, 5.41) is 5.24. The van der Waals surface area contributed by atoms with Crippen molar-refractivity contribution in [3.63, 3.8) is 0 Å².